The first-order chi connectivity index (χ1) is 10.1. The molecular weight excluding hydrogens is 290 g/mol. The van der Waals surface area contributed by atoms with Crippen LogP contribution in [0.4, 0.5) is 5.69 Å². The number of piperidine rings is 1. The maximum atomic E-state index is 12.0. The molecule has 21 heavy (non-hydrogen) atoms. The van der Waals surface area contributed by atoms with Crippen LogP contribution in [-0.2, 0) is 4.79 Å². The highest BCUT2D eigenvalue weighted by Gasteiger charge is 2.16. The van der Waals surface area contributed by atoms with E-state index in [1.54, 1.807) is 12.1 Å². The summed E-state index contributed by atoms with van der Waals surface area (Å²) in [6.07, 6.45) is 3.65. The molecule has 0 aromatic heterocycles. The van der Waals surface area contributed by atoms with Crippen molar-refractivity contribution in [1.82, 2.24) is 10.2 Å². The number of hydrogen-bond acceptors (Lipinski definition) is 3. The molecule has 6 heteroatoms. The van der Waals surface area contributed by atoms with E-state index in [4.69, 9.17) is 17.3 Å². The van der Waals surface area contributed by atoms with Gasteiger partial charge in [-0.1, -0.05) is 11.6 Å². The SMILES string of the molecule is Nc1ccc(C(=O)NCCC(=O)N2CCCCC2)c(Cl)c1. The lowest BCUT2D eigenvalue weighted by Crippen LogP contribution is -2.37. The first kappa shape index (κ1) is 15.6. The quantitative estimate of drug-likeness (QED) is 0.836. The number of halogens is 1. The lowest BCUT2D eigenvalue weighted by Gasteiger charge is -2.26. The van der Waals surface area contributed by atoms with Crippen molar-refractivity contribution in [3.8, 4) is 0 Å². The Morgan fingerprint density at radius 3 is 2.62 bits per heavy atom. The van der Waals surface area contributed by atoms with Gasteiger partial charge in [-0.3, -0.25) is 9.59 Å². The number of hydrogen-bond donors (Lipinski definition) is 2. The Hall–Kier alpha value is -1.75. The van der Waals surface area contributed by atoms with Gasteiger partial charge in [0.1, 0.15) is 0 Å². The highest BCUT2D eigenvalue weighted by Crippen LogP contribution is 2.18. The number of anilines is 1. The van der Waals surface area contributed by atoms with Crippen LogP contribution < -0.4 is 11.1 Å². The smallest absolute Gasteiger partial charge is 0.252 e. The summed E-state index contributed by atoms with van der Waals surface area (Å²) in [5, 5.41) is 3.03. The number of carbonyl (C=O) groups is 2. The molecule has 0 aliphatic carbocycles. The van der Waals surface area contributed by atoms with Gasteiger partial charge >= 0.3 is 0 Å². The molecule has 0 unspecified atom stereocenters. The zero-order valence-corrected chi connectivity index (χ0v) is 12.7. The number of nitrogens with two attached hydrogens (primary N) is 1. The number of amides is 2. The molecule has 2 amide bonds. The molecule has 1 aromatic carbocycles. The second-order valence-electron chi connectivity index (χ2n) is 5.19. The van der Waals surface area contributed by atoms with E-state index in [1.165, 1.54) is 12.5 Å². The summed E-state index contributed by atoms with van der Waals surface area (Å²) >= 11 is 5.97. The zero-order valence-electron chi connectivity index (χ0n) is 11.9. The van der Waals surface area contributed by atoms with Gasteiger partial charge in [0.25, 0.3) is 5.91 Å². The Morgan fingerprint density at radius 2 is 1.95 bits per heavy atom. The van der Waals surface area contributed by atoms with Crippen molar-refractivity contribution in [2.45, 2.75) is 25.7 Å². The van der Waals surface area contributed by atoms with Crippen LogP contribution in [0.3, 0.4) is 0 Å². The third kappa shape index (κ3) is 4.36. The van der Waals surface area contributed by atoms with Gasteiger partial charge in [0.2, 0.25) is 5.91 Å². The van der Waals surface area contributed by atoms with Crippen LogP contribution in [0.2, 0.25) is 5.02 Å². The van der Waals surface area contributed by atoms with Crippen LogP contribution in [0.25, 0.3) is 0 Å². The number of carbonyl (C=O) groups excluding carboxylic acids is 2. The third-order valence-corrected chi connectivity index (χ3v) is 3.88. The van der Waals surface area contributed by atoms with Crippen molar-refractivity contribution in [1.29, 1.82) is 0 Å². The highest BCUT2D eigenvalue weighted by atomic mass is 35.5. The molecule has 1 heterocycles. The van der Waals surface area contributed by atoms with Gasteiger partial charge in [0.15, 0.2) is 0 Å². The Labute approximate surface area is 129 Å². The molecule has 1 aliphatic heterocycles. The third-order valence-electron chi connectivity index (χ3n) is 3.57. The topological polar surface area (TPSA) is 75.4 Å². The largest absolute Gasteiger partial charge is 0.399 e. The molecular formula is C15H20ClN3O2. The van der Waals surface area contributed by atoms with Crippen LogP contribution in [0, 0.1) is 0 Å². The average Bonchev–Trinajstić information content (AvgIpc) is 2.47. The fraction of sp³-hybridized carbons (Fsp3) is 0.467. The number of rotatable bonds is 4. The number of nitrogens with one attached hydrogen (secondary N) is 1. The van der Waals surface area contributed by atoms with Crippen LogP contribution in [0.15, 0.2) is 18.2 Å². The highest BCUT2D eigenvalue weighted by molar-refractivity contribution is 6.34. The lowest BCUT2D eigenvalue weighted by atomic mass is 10.1. The van der Waals surface area contributed by atoms with Gasteiger partial charge in [0, 0.05) is 31.7 Å². The summed E-state index contributed by atoms with van der Waals surface area (Å²) in [5.41, 5.74) is 6.47. The molecule has 0 saturated carbocycles. The number of benzene rings is 1. The van der Waals surface area contributed by atoms with Crippen molar-refractivity contribution >= 4 is 29.1 Å². The van der Waals surface area contributed by atoms with E-state index >= 15 is 0 Å². The van der Waals surface area contributed by atoms with Crippen LogP contribution >= 0.6 is 11.6 Å². The summed E-state index contributed by atoms with van der Waals surface area (Å²) in [5.74, 6) is -0.190. The summed E-state index contributed by atoms with van der Waals surface area (Å²) in [7, 11) is 0. The molecule has 0 bridgehead atoms. The Morgan fingerprint density at radius 1 is 1.24 bits per heavy atom. The monoisotopic (exact) mass is 309 g/mol. The van der Waals surface area contributed by atoms with Gasteiger partial charge in [-0.25, -0.2) is 0 Å². The molecule has 1 fully saturated rings. The molecule has 1 saturated heterocycles. The second kappa shape index (κ2) is 7.31. The maximum absolute atomic E-state index is 12.0. The summed E-state index contributed by atoms with van der Waals surface area (Å²) in [6.45, 7) is 1.97. The number of nitrogen functional groups attached to an aromatic ring is 1. The molecule has 2 rings (SSSR count). The summed E-state index contributed by atoms with van der Waals surface area (Å²) in [6, 6.07) is 4.74. The molecule has 1 aliphatic rings. The van der Waals surface area contributed by atoms with E-state index in [-0.39, 0.29) is 11.8 Å². The lowest BCUT2D eigenvalue weighted by molar-refractivity contribution is -0.131. The van der Waals surface area contributed by atoms with Crippen molar-refractivity contribution in [2.24, 2.45) is 0 Å². The van der Waals surface area contributed by atoms with E-state index < -0.39 is 0 Å². The fourth-order valence-electron chi connectivity index (χ4n) is 2.40. The van der Waals surface area contributed by atoms with E-state index in [9.17, 15) is 9.59 Å². The van der Waals surface area contributed by atoms with Gasteiger partial charge < -0.3 is 16.0 Å². The van der Waals surface area contributed by atoms with Crippen LogP contribution in [-0.4, -0.2) is 36.3 Å². The zero-order chi connectivity index (χ0) is 15.2. The minimum absolute atomic E-state index is 0.0957. The first-order valence-electron chi connectivity index (χ1n) is 7.19. The molecule has 0 atom stereocenters. The Balaban J connectivity index is 1.79. The van der Waals surface area contributed by atoms with E-state index in [1.807, 2.05) is 4.90 Å². The molecule has 0 radical (unpaired) electrons. The molecule has 1 aromatic rings. The summed E-state index contributed by atoms with van der Waals surface area (Å²) < 4.78 is 0. The molecule has 114 valence electrons. The molecule has 5 nitrogen and oxygen atoms in total. The Kier molecular flexibility index (Phi) is 5.44. The normalized spacial score (nSPS) is 14.8. The number of likely N-dealkylation sites (tertiary alicyclic amines) is 1. The van der Waals surface area contributed by atoms with Crippen molar-refractivity contribution in [3.05, 3.63) is 28.8 Å². The maximum Gasteiger partial charge on any atom is 0.252 e. The van der Waals surface area contributed by atoms with E-state index in [0.717, 1.165) is 25.9 Å². The van der Waals surface area contributed by atoms with Crippen LogP contribution in [0.5, 0.6) is 0 Å². The first-order valence-corrected chi connectivity index (χ1v) is 7.57. The Bertz CT molecular complexity index is 528. The van der Waals surface area contributed by atoms with Gasteiger partial charge in [0.05, 0.1) is 10.6 Å². The van der Waals surface area contributed by atoms with Gasteiger partial charge in [-0.15, -0.1) is 0 Å². The van der Waals surface area contributed by atoms with E-state index in [0.29, 0.717) is 29.2 Å². The van der Waals surface area contributed by atoms with Crippen molar-refractivity contribution in [3.63, 3.8) is 0 Å². The summed E-state index contributed by atoms with van der Waals surface area (Å²) in [4.78, 5) is 25.8. The molecule has 0 spiro atoms. The van der Waals surface area contributed by atoms with Crippen molar-refractivity contribution < 1.29 is 9.59 Å². The van der Waals surface area contributed by atoms with Gasteiger partial charge in [-0.05, 0) is 37.5 Å². The second-order valence-corrected chi connectivity index (χ2v) is 5.59. The van der Waals surface area contributed by atoms with Gasteiger partial charge in [-0.2, -0.15) is 0 Å². The minimum atomic E-state index is -0.286. The van der Waals surface area contributed by atoms with E-state index in [2.05, 4.69) is 5.32 Å². The number of nitrogens with zero attached hydrogens (tertiary/aromatic N) is 1. The minimum Gasteiger partial charge on any atom is -0.399 e. The predicted octanol–water partition coefficient (Wildman–Crippen LogP) is 2.05. The standard InChI is InChI=1S/C15H20ClN3O2/c16-13-10-11(17)4-5-12(13)15(21)18-7-6-14(20)19-8-2-1-3-9-19/h4-5,10H,1-3,6-9,17H2,(H,18,21). The molecule has 3 N–H and O–H groups in total. The predicted molar refractivity (Wildman–Crippen MR) is 83.2 cm³/mol. The van der Waals surface area contributed by atoms with Crippen LogP contribution in [0.1, 0.15) is 36.0 Å². The fourth-order valence-corrected chi connectivity index (χ4v) is 2.67. The van der Waals surface area contributed by atoms with Crippen molar-refractivity contribution in [2.75, 3.05) is 25.4 Å². The average molecular weight is 310 g/mol.